The van der Waals surface area contributed by atoms with E-state index in [1.807, 2.05) is 20.0 Å². The lowest BCUT2D eigenvalue weighted by Gasteiger charge is -2.12. The molecule has 5 nitrogen and oxygen atoms in total. The molecule has 3 atom stereocenters. The van der Waals surface area contributed by atoms with Crippen molar-refractivity contribution in [3.8, 4) is 11.3 Å². The molecule has 0 amide bonds. The molecule has 2 aliphatic rings. The predicted octanol–water partition coefficient (Wildman–Crippen LogP) is 3.06. The molecular formula is C17H20F3N5. The van der Waals surface area contributed by atoms with Crippen LogP contribution in [0, 0.1) is 11.8 Å². The van der Waals surface area contributed by atoms with E-state index in [9.17, 15) is 13.2 Å². The summed E-state index contributed by atoms with van der Waals surface area (Å²) in [7, 11) is 0. The van der Waals surface area contributed by atoms with Crippen LogP contribution in [0.25, 0.3) is 11.3 Å². The van der Waals surface area contributed by atoms with E-state index in [1.54, 1.807) is 0 Å². The van der Waals surface area contributed by atoms with E-state index in [2.05, 4.69) is 19.9 Å². The summed E-state index contributed by atoms with van der Waals surface area (Å²) in [4.78, 5) is 8.34. The van der Waals surface area contributed by atoms with Crippen molar-refractivity contribution in [2.75, 3.05) is 18.8 Å². The maximum Gasteiger partial charge on any atom is 0.419 e. The number of pyridine rings is 1. The second-order valence-electron chi connectivity index (χ2n) is 7.18. The Hall–Kier alpha value is -2.09. The maximum absolute atomic E-state index is 13.1. The number of hydrogen-bond acceptors (Lipinski definition) is 4. The van der Waals surface area contributed by atoms with Gasteiger partial charge in [0.15, 0.2) is 0 Å². The smallest absolute Gasteiger partial charge is 0.383 e. The molecule has 3 heterocycles. The van der Waals surface area contributed by atoms with Crippen LogP contribution >= 0.6 is 0 Å². The maximum atomic E-state index is 13.1. The van der Waals surface area contributed by atoms with Crippen molar-refractivity contribution in [3.05, 3.63) is 29.8 Å². The first-order valence-corrected chi connectivity index (χ1v) is 8.40. The monoisotopic (exact) mass is 351 g/mol. The number of fused-ring (bicyclic) bond motifs is 1. The Kier molecular flexibility index (Phi) is 3.57. The first-order valence-electron chi connectivity index (χ1n) is 8.40. The highest BCUT2D eigenvalue weighted by molar-refractivity contribution is 5.62. The van der Waals surface area contributed by atoms with Crippen molar-refractivity contribution >= 4 is 5.82 Å². The van der Waals surface area contributed by atoms with Gasteiger partial charge in [-0.1, -0.05) is 13.8 Å². The van der Waals surface area contributed by atoms with Gasteiger partial charge >= 0.3 is 6.18 Å². The van der Waals surface area contributed by atoms with Gasteiger partial charge in [-0.05, 0) is 17.9 Å². The van der Waals surface area contributed by atoms with Crippen molar-refractivity contribution in [3.63, 3.8) is 0 Å². The first kappa shape index (κ1) is 16.4. The predicted molar refractivity (Wildman–Crippen MR) is 87.8 cm³/mol. The third-order valence-electron chi connectivity index (χ3n) is 5.16. The van der Waals surface area contributed by atoms with Crippen LogP contribution in [0.5, 0.6) is 0 Å². The summed E-state index contributed by atoms with van der Waals surface area (Å²) in [5.74, 6) is 1.76. The van der Waals surface area contributed by atoms with Crippen LogP contribution in [0.15, 0.2) is 18.5 Å². The number of nitrogens with one attached hydrogen (secondary N) is 1. The van der Waals surface area contributed by atoms with Gasteiger partial charge in [-0.3, -0.25) is 0 Å². The number of rotatable bonds is 3. The second-order valence-corrected chi connectivity index (χ2v) is 7.18. The third kappa shape index (κ3) is 2.68. The lowest BCUT2D eigenvalue weighted by molar-refractivity contribution is -0.137. The fourth-order valence-corrected chi connectivity index (χ4v) is 3.85. The van der Waals surface area contributed by atoms with Crippen LogP contribution in [0.1, 0.15) is 37.2 Å². The number of aromatic nitrogens is 3. The number of nitrogens with two attached hydrogens (primary N) is 1. The minimum atomic E-state index is -4.53. The second kappa shape index (κ2) is 5.45. The highest BCUT2D eigenvalue weighted by Crippen LogP contribution is 2.53. The molecule has 4 rings (SSSR count). The van der Waals surface area contributed by atoms with Crippen molar-refractivity contribution in [2.24, 2.45) is 11.8 Å². The Bertz CT molecular complexity index is 801. The summed E-state index contributed by atoms with van der Waals surface area (Å²) in [6.07, 6.45) is -1.31. The van der Waals surface area contributed by atoms with Gasteiger partial charge in [-0.2, -0.15) is 13.2 Å². The van der Waals surface area contributed by atoms with Gasteiger partial charge in [-0.15, -0.1) is 0 Å². The van der Waals surface area contributed by atoms with E-state index in [0.717, 1.165) is 25.0 Å². The topological polar surface area (TPSA) is 68.8 Å². The molecule has 0 aromatic carbocycles. The summed E-state index contributed by atoms with van der Waals surface area (Å²) in [5.41, 5.74) is 5.33. The normalized spacial score (nSPS) is 25.4. The largest absolute Gasteiger partial charge is 0.419 e. The number of nitrogen functional groups attached to an aromatic ring is 1. The van der Waals surface area contributed by atoms with Gasteiger partial charge in [0.05, 0.1) is 11.3 Å². The summed E-state index contributed by atoms with van der Waals surface area (Å²) >= 11 is 0. The lowest BCUT2D eigenvalue weighted by atomic mass is 10.1. The van der Waals surface area contributed by atoms with Crippen LogP contribution in [0.4, 0.5) is 19.0 Å². The van der Waals surface area contributed by atoms with Crippen LogP contribution in [-0.2, 0) is 6.18 Å². The Labute approximate surface area is 143 Å². The van der Waals surface area contributed by atoms with Gasteiger partial charge in [0.25, 0.3) is 0 Å². The fourth-order valence-electron chi connectivity index (χ4n) is 3.85. The van der Waals surface area contributed by atoms with E-state index in [-0.39, 0.29) is 5.92 Å². The standard InChI is InChI=1S/C17H20F3N5/c1-8(2)16-24-13(7-25(16)14-10-5-22-6-11(10)14)9-3-12(17(18,19)20)15(21)23-4-9/h3-4,7-8,10-11,14,22H,5-6H2,1-2H3,(H2,21,23)/t10-,11+,14+. The molecule has 25 heavy (non-hydrogen) atoms. The van der Waals surface area contributed by atoms with Crippen molar-refractivity contribution in [1.29, 1.82) is 0 Å². The average molecular weight is 351 g/mol. The number of piperidine rings is 1. The molecule has 0 spiro atoms. The molecule has 2 aromatic heterocycles. The Balaban J connectivity index is 1.74. The summed E-state index contributed by atoms with van der Waals surface area (Å²) in [6, 6.07) is 1.43. The minimum absolute atomic E-state index is 0.187. The number of alkyl halides is 3. The molecule has 3 N–H and O–H groups in total. The molecule has 1 aliphatic heterocycles. The first-order chi connectivity index (χ1) is 11.8. The number of hydrogen-bond donors (Lipinski definition) is 2. The van der Waals surface area contributed by atoms with Crippen LogP contribution in [0.2, 0.25) is 0 Å². The zero-order valence-electron chi connectivity index (χ0n) is 14.0. The van der Waals surface area contributed by atoms with Crippen molar-refractivity contribution in [2.45, 2.75) is 32.0 Å². The lowest BCUT2D eigenvalue weighted by Crippen LogP contribution is -2.17. The van der Waals surface area contributed by atoms with Crippen LogP contribution in [-0.4, -0.2) is 27.6 Å². The molecule has 1 aliphatic carbocycles. The fraction of sp³-hybridized carbons (Fsp3) is 0.529. The quantitative estimate of drug-likeness (QED) is 0.892. The molecule has 134 valence electrons. The molecule has 0 bridgehead atoms. The summed E-state index contributed by atoms with van der Waals surface area (Å²) in [5, 5.41) is 3.36. The van der Waals surface area contributed by atoms with E-state index >= 15 is 0 Å². The number of imidazole rings is 1. The molecule has 2 aromatic rings. The van der Waals surface area contributed by atoms with E-state index in [4.69, 9.17) is 5.73 Å². The number of anilines is 1. The van der Waals surface area contributed by atoms with Gasteiger partial charge < -0.3 is 15.6 Å². The van der Waals surface area contributed by atoms with Crippen molar-refractivity contribution in [1.82, 2.24) is 19.9 Å². The number of halogens is 3. The van der Waals surface area contributed by atoms with Crippen molar-refractivity contribution < 1.29 is 13.2 Å². The highest BCUT2D eigenvalue weighted by Gasteiger charge is 2.54. The zero-order valence-corrected chi connectivity index (χ0v) is 14.0. The minimum Gasteiger partial charge on any atom is -0.383 e. The van der Waals surface area contributed by atoms with Gasteiger partial charge in [0, 0.05) is 43.0 Å². The van der Waals surface area contributed by atoms with Crippen LogP contribution in [0.3, 0.4) is 0 Å². The van der Waals surface area contributed by atoms with E-state index < -0.39 is 17.6 Å². The van der Waals surface area contributed by atoms with Gasteiger partial charge in [-0.25, -0.2) is 9.97 Å². The van der Waals surface area contributed by atoms with Gasteiger partial charge in [0.1, 0.15) is 11.6 Å². The van der Waals surface area contributed by atoms with E-state index in [1.165, 1.54) is 6.20 Å². The Morgan fingerprint density at radius 1 is 1.28 bits per heavy atom. The third-order valence-corrected chi connectivity index (χ3v) is 5.16. The Morgan fingerprint density at radius 3 is 2.56 bits per heavy atom. The van der Waals surface area contributed by atoms with Crippen LogP contribution < -0.4 is 11.1 Å². The van der Waals surface area contributed by atoms with E-state index in [0.29, 0.717) is 29.1 Å². The highest BCUT2D eigenvalue weighted by atomic mass is 19.4. The molecule has 2 fully saturated rings. The average Bonchev–Trinajstić information content (AvgIpc) is 2.93. The molecule has 0 unspecified atom stereocenters. The molecule has 1 saturated heterocycles. The molecular weight excluding hydrogens is 331 g/mol. The Morgan fingerprint density at radius 2 is 1.96 bits per heavy atom. The SMILES string of the molecule is CC(C)c1nc(-c2cnc(N)c(C(F)(F)F)c2)cn1[C@H]1[C@@H]2CNC[C@@H]21. The zero-order chi connectivity index (χ0) is 17.9. The number of nitrogens with zero attached hydrogens (tertiary/aromatic N) is 3. The molecule has 0 radical (unpaired) electrons. The molecule has 1 saturated carbocycles. The summed E-state index contributed by atoms with van der Waals surface area (Å²) < 4.78 is 41.4. The van der Waals surface area contributed by atoms with Gasteiger partial charge in [0.2, 0.25) is 0 Å². The molecule has 8 heteroatoms. The summed E-state index contributed by atoms with van der Waals surface area (Å²) in [6.45, 7) is 6.06.